The Morgan fingerprint density at radius 1 is 1.50 bits per heavy atom. The first-order valence-electron chi connectivity index (χ1n) is 5.28. The summed E-state index contributed by atoms with van der Waals surface area (Å²) >= 11 is 0. The minimum absolute atomic E-state index is 0.0207. The zero-order valence-corrected chi connectivity index (χ0v) is 9.14. The molecular weight excluding hydrogens is 204 g/mol. The van der Waals surface area contributed by atoms with E-state index in [0.717, 1.165) is 12.1 Å². The van der Waals surface area contributed by atoms with Gasteiger partial charge in [-0.15, -0.1) is 0 Å². The molecule has 1 aromatic rings. The number of carbonyl (C=O) groups is 1. The fraction of sp³-hybridized carbons (Fsp3) is 0.333. The van der Waals surface area contributed by atoms with Gasteiger partial charge in [0, 0.05) is 12.0 Å². The van der Waals surface area contributed by atoms with Gasteiger partial charge in [-0.05, 0) is 19.1 Å². The van der Waals surface area contributed by atoms with Crippen molar-refractivity contribution in [2.45, 2.75) is 19.4 Å². The van der Waals surface area contributed by atoms with Crippen molar-refractivity contribution >= 4 is 11.6 Å². The highest BCUT2D eigenvalue weighted by Gasteiger charge is 2.18. The van der Waals surface area contributed by atoms with Crippen molar-refractivity contribution in [2.24, 2.45) is 5.16 Å². The van der Waals surface area contributed by atoms with Gasteiger partial charge in [0.05, 0.1) is 12.3 Å². The Morgan fingerprint density at radius 3 is 2.88 bits per heavy atom. The summed E-state index contributed by atoms with van der Waals surface area (Å²) in [4.78, 5) is 16.8. The Labute approximate surface area is 94.3 Å². The Kier molecular flexibility index (Phi) is 3.19. The molecule has 1 heterocycles. The molecule has 0 saturated carbocycles. The van der Waals surface area contributed by atoms with Gasteiger partial charge < -0.3 is 10.2 Å². The van der Waals surface area contributed by atoms with Crippen LogP contribution in [0.5, 0.6) is 0 Å². The van der Waals surface area contributed by atoms with Gasteiger partial charge in [-0.25, -0.2) is 0 Å². The maximum Gasteiger partial charge on any atom is 0.251 e. The lowest BCUT2D eigenvalue weighted by Gasteiger charge is -2.09. The first-order chi connectivity index (χ1) is 7.75. The third-order valence-corrected chi connectivity index (χ3v) is 2.41. The van der Waals surface area contributed by atoms with Crippen LogP contribution < -0.4 is 5.32 Å². The van der Waals surface area contributed by atoms with Crippen LogP contribution in [0, 0.1) is 0 Å². The fourth-order valence-electron chi connectivity index (χ4n) is 1.58. The van der Waals surface area contributed by atoms with E-state index in [1.165, 1.54) is 0 Å². The van der Waals surface area contributed by atoms with Crippen LogP contribution in [0.15, 0.2) is 35.5 Å². The predicted molar refractivity (Wildman–Crippen MR) is 61.4 cm³/mol. The van der Waals surface area contributed by atoms with E-state index in [2.05, 4.69) is 10.5 Å². The first-order valence-corrected chi connectivity index (χ1v) is 5.28. The van der Waals surface area contributed by atoms with E-state index in [1.54, 1.807) is 12.1 Å². The molecule has 0 bridgehead atoms. The molecule has 1 amide bonds. The molecule has 1 N–H and O–H groups in total. The Bertz CT molecular complexity index is 401. The van der Waals surface area contributed by atoms with Crippen LogP contribution in [0.4, 0.5) is 0 Å². The second-order valence-corrected chi connectivity index (χ2v) is 3.83. The maximum absolute atomic E-state index is 11.7. The summed E-state index contributed by atoms with van der Waals surface area (Å²) in [6.45, 7) is 2.41. The molecule has 0 aliphatic carbocycles. The predicted octanol–water partition coefficient (Wildman–Crippen LogP) is 1.58. The molecule has 84 valence electrons. The maximum atomic E-state index is 11.7. The van der Waals surface area contributed by atoms with Crippen molar-refractivity contribution in [1.29, 1.82) is 0 Å². The highest BCUT2D eigenvalue weighted by atomic mass is 16.6. The van der Waals surface area contributed by atoms with Gasteiger partial charge in [0.1, 0.15) is 6.10 Å². The number of hydrogen-bond donors (Lipinski definition) is 1. The molecule has 0 spiro atoms. The smallest absolute Gasteiger partial charge is 0.251 e. The summed E-state index contributed by atoms with van der Waals surface area (Å²) in [6.07, 6.45) is 0.766. The highest BCUT2D eigenvalue weighted by Crippen LogP contribution is 2.09. The number of benzene rings is 1. The molecule has 1 aliphatic rings. The average molecular weight is 218 g/mol. The first kappa shape index (κ1) is 10.7. The van der Waals surface area contributed by atoms with Crippen LogP contribution in [0.2, 0.25) is 0 Å². The zero-order valence-electron chi connectivity index (χ0n) is 9.14. The van der Waals surface area contributed by atoms with E-state index in [-0.39, 0.29) is 12.0 Å². The summed E-state index contributed by atoms with van der Waals surface area (Å²) < 4.78 is 0. The van der Waals surface area contributed by atoms with Crippen molar-refractivity contribution in [2.75, 3.05) is 6.54 Å². The van der Waals surface area contributed by atoms with Crippen LogP contribution in [0.1, 0.15) is 23.7 Å². The van der Waals surface area contributed by atoms with Gasteiger partial charge in [-0.3, -0.25) is 4.79 Å². The van der Waals surface area contributed by atoms with E-state index >= 15 is 0 Å². The zero-order chi connectivity index (χ0) is 11.4. The molecule has 1 aromatic carbocycles. The molecule has 2 rings (SSSR count). The van der Waals surface area contributed by atoms with Crippen molar-refractivity contribution in [3.63, 3.8) is 0 Å². The number of nitrogens with one attached hydrogen (secondary N) is 1. The van der Waals surface area contributed by atoms with Crippen LogP contribution in [-0.4, -0.2) is 24.3 Å². The number of hydrogen-bond acceptors (Lipinski definition) is 3. The van der Waals surface area contributed by atoms with Gasteiger partial charge in [-0.1, -0.05) is 23.4 Å². The third kappa shape index (κ3) is 2.59. The van der Waals surface area contributed by atoms with E-state index in [4.69, 9.17) is 4.84 Å². The Balaban J connectivity index is 1.81. The molecule has 0 saturated heterocycles. The Morgan fingerprint density at radius 2 is 2.25 bits per heavy atom. The number of carbonyl (C=O) groups excluding carboxylic acids is 1. The topological polar surface area (TPSA) is 50.7 Å². The quantitative estimate of drug-likeness (QED) is 0.837. The van der Waals surface area contributed by atoms with E-state index in [1.807, 2.05) is 25.1 Å². The number of rotatable bonds is 3. The van der Waals surface area contributed by atoms with Crippen molar-refractivity contribution in [1.82, 2.24) is 5.32 Å². The molecular formula is C12H14N2O2. The minimum Gasteiger partial charge on any atom is -0.390 e. The second kappa shape index (κ2) is 4.79. The lowest BCUT2D eigenvalue weighted by atomic mass is 10.2. The molecule has 16 heavy (non-hydrogen) atoms. The second-order valence-electron chi connectivity index (χ2n) is 3.83. The van der Waals surface area contributed by atoms with E-state index in [0.29, 0.717) is 12.1 Å². The molecule has 4 nitrogen and oxygen atoms in total. The van der Waals surface area contributed by atoms with Crippen LogP contribution in [0.3, 0.4) is 0 Å². The summed E-state index contributed by atoms with van der Waals surface area (Å²) in [5.74, 6) is -0.0752. The fourth-order valence-corrected chi connectivity index (χ4v) is 1.58. The summed E-state index contributed by atoms with van der Waals surface area (Å²) in [7, 11) is 0. The SMILES string of the molecule is CC1=NO[C@@H](CNC(=O)c2ccccc2)C1. The summed E-state index contributed by atoms with van der Waals surface area (Å²) in [5, 5.41) is 6.66. The van der Waals surface area contributed by atoms with Crippen LogP contribution in [0.25, 0.3) is 0 Å². The van der Waals surface area contributed by atoms with Gasteiger partial charge >= 0.3 is 0 Å². The van der Waals surface area contributed by atoms with Gasteiger partial charge in [0.15, 0.2) is 0 Å². The molecule has 4 heteroatoms. The molecule has 1 aliphatic heterocycles. The third-order valence-electron chi connectivity index (χ3n) is 2.41. The molecule has 0 fully saturated rings. The minimum atomic E-state index is -0.0752. The van der Waals surface area contributed by atoms with E-state index in [9.17, 15) is 4.79 Å². The monoisotopic (exact) mass is 218 g/mol. The van der Waals surface area contributed by atoms with Gasteiger partial charge in [0.25, 0.3) is 5.91 Å². The number of nitrogens with zero attached hydrogens (tertiary/aromatic N) is 1. The van der Waals surface area contributed by atoms with Crippen molar-refractivity contribution in [3.8, 4) is 0 Å². The average Bonchev–Trinajstić information content (AvgIpc) is 2.73. The summed E-state index contributed by atoms with van der Waals surface area (Å²) in [5.41, 5.74) is 1.64. The Hall–Kier alpha value is -1.84. The van der Waals surface area contributed by atoms with Crippen LogP contribution >= 0.6 is 0 Å². The van der Waals surface area contributed by atoms with Crippen molar-refractivity contribution < 1.29 is 9.63 Å². The molecule has 0 radical (unpaired) electrons. The highest BCUT2D eigenvalue weighted by molar-refractivity contribution is 5.94. The van der Waals surface area contributed by atoms with Crippen LogP contribution in [-0.2, 0) is 4.84 Å². The summed E-state index contributed by atoms with van der Waals surface area (Å²) in [6, 6.07) is 9.13. The number of amides is 1. The van der Waals surface area contributed by atoms with Crippen molar-refractivity contribution in [3.05, 3.63) is 35.9 Å². The normalized spacial score (nSPS) is 18.8. The standard InChI is InChI=1S/C12H14N2O2/c1-9-7-11(16-14-9)8-13-12(15)10-5-3-2-4-6-10/h2-6,11H,7-8H2,1H3,(H,13,15)/t11-/m1/s1. The molecule has 1 atom stereocenters. The lowest BCUT2D eigenvalue weighted by Crippen LogP contribution is -2.32. The lowest BCUT2D eigenvalue weighted by molar-refractivity contribution is 0.0753. The molecule has 0 aromatic heterocycles. The largest absolute Gasteiger partial charge is 0.390 e. The van der Waals surface area contributed by atoms with Gasteiger partial charge in [-0.2, -0.15) is 0 Å². The van der Waals surface area contributed by atoms with E-state index < -0.39 is 0 Å². The number of oxime groups is 1. The molecule has 0 unspecified atom stereocenters. The van der Waals surface area contributed by atoms with Gasteiger partial charge in [0.2, 0.25) is 0 Å².